The number of aliphatic carboxylic acids is 1. The molecule has 1 unspecified atom stereocenters. The monoisotopic (exact) mass is 199 g/mol. The van der Waals surface area contributed by atoms with E-state index in [1.165, 1.54) is 24.4 Å². The predicted octanol–water partition coefficient (Wildman–Crippen LogP) is 0.114. The highest BCUT2D eigenvalue weighted by molar-refractivity contribution is 5.75. The quantitative estimate of drug-likeness (QED) is 0.728. The summed E-state index contributed by atoms with van der Waals surface area (Å²) in [6.45, 7) is 1.95. The van der Waals surface area contributed by atoms with Gasteiger partial charge in [-0.15, -0.1) is 0 Å². The van der Waals surface area contributed by atoms with Crippen molar-refractivity contribution in [1.82, 2.24) is 14.8 Å². The van der Waals surface area contributed by atoms with Crippen molar-refractivity contribution in [2.75, 3.05) is 13.7 Å². The van der Waals surface area contributed by atoms with Gasteiger partial charge >= 0.3 is 5.97 Å². The normalized spacial score (nSPS) is 15.0. The molecule has 1 rings (SSSR count). The molecule has 1 heterocycles. The highest BCUT2D eigenvalue weighted by Gasteiger charge is 2.35. The van der Waals surface area contributed by atoms with Crippen LogP contribution in [0.5, 0.6) is 0 Å². The van der Waals surface area contributed by atoms with Crippen molar-refractivity contribution in [3.8, 4) is 0 Å². The zero-order chi connectivity index (χ0) is 10.6. The third-order valence-electron chi connectivity index (χ3n) is 2.18. The maximum atomic E-state index is 11.1. The van der Waals surface area contributed by atoms with E-state index in [1.54, 1.807) is 6.92 Å². The minimum atomic E-state index is -1.09. The SMILES string of the molecule is COCCC(C)(C(=O)O)n1cncn1. The van der Waals surface area contributed by atoms with Crippen LogP contribution in [0.15, 0.2) is 12.7 Å². The van der Waals surface area contributed by atoms with E-state index in [9.17, 15) is 4.79 Å². The number of carboxylic acids is 1. The average Bonchev–Trinajstić information content (AvgIpc) is 2.66. The number of ether oxygens (including phenoxy) is 1. The molecule has 14 heavy (non-hydrogen) atoms. The van der Waals surface area contributed by atoms with E-state index in [2.05, 4.69) is 10.1 Å². The van der Waals surface area contributed by atoms with E-state index >= 15 is 0 Å². The molecule has 1 aromatic rings. The number of hydrogen-bond donors (Lipinski definition) is 1. The number of carbonyl (C=O) groups is 1. The number of hydrogen-bond acceptors (Lipinski definition) is 4. The van der Waals surface area contributed by atoms with E-state index in [4.69, 9.17) is 9.84 Å². The summed E-state index contributed by atoms with van der Waals surface area (Å²) in [5.41, 5.74) is -1.09. The number of nitrogens with zero attached hydrogens (tertiary/aromatic N) is 3. The summed E-state index contributed by atoms with van der Waals surface area (Å²) in [6.07, 6.45) is 3.06. The Hall–Kier alpha value is -1.43. The largest absolute Gasteiger partial charge is 0.479 e. The molecular formula is C8H13N3O3. The Labute approximate surface area is 81.5 Å². The Kier molecular flexibility index (Phi) is 3.19. The first-order valence-corrected chi connectivity index (χ1v) is 4.18. The fraction of sp³-hybridized carbons (Fsp3) is 0.625. The van der Waals surface area contributed by atoms with Crippen molar-refractivity contribution in [3.05, 3.63) is 12.7 Å². The molecule has 0 spiro atoms. The van der Waals surface area contributed by atoms with Crippen molar-refractivity contribution in [1.29, 1.82) is 0 Å². The molecule has 0 radical (unpaired) electrons. The summed E-state index contributed by atoms with van der Waals surface area (Å²) in [4.78, 5) is 14.8. The fourth-order valence-corrected chi connectivity index (χ4v) is 1.08. The summed E-state index contributed by atoms with van der Waals surface area (Å²) in [5.74, 6) is -0.944. The lowest BCUT2D eigenvalue weighted by Gasteiger charge is -2.24. The predicted molar refractivity (Wildman–Crippen MR) is 47.8 cm³/mol. The van der Waals surface area contributed by atoms with Crippen LogP contribution in [0.1, 0.15) is 13.3 Å². The molecule has 0 aliphatic rings. The lowest BCUT2D eigenvalue weighted by atomic mass is 9.99. The van der Waals surface area contributed by atoms with Crippen LogP contribution in [0.3, 0.4) is 0 Å². The molecule has 0 saturated heterocycles. The molecule has 1 atom stereocenters. The maximum absolute atomic E-state index is 11.1. The first kappa shape index (κ1) is 10.6. The van der Waals surface area contributed by atoms with Crippen LogP contribution in [0.25, 0.3) is 0 Å². The number of aromatic nitrogens is 3. The van der Waals surface area contributed by atoms with Crippen molar-refractivity contribution in [2.45, 2.75) is 18.9 Å². The van der Waals surface area contributed by atoms with Crippen LogP contribution in [0, 0.1) is 0 Å². The van der Waals surface area contributed by atoms with E-state index in [-0.39, 0.29) is 0 Å². The number of carboxylic acid groups (broad SMARTS) is 1. The molecule has 0 aromatic carbocycles. The Bertz CT molecular complexity index is 299. The van der Waals surface area contributed by atoms with Gasteiger partial charge in [0.05, 0.1) is 0 Å². The zero-order valence-electron chi connectivity index (χ0n) is 8.17. The summed E-state index contributed by atoms with van der Waals surface area (Å²) >= 11 is 0. The molecule has 6 nitrogen and oxygen atoms in total. The van der Waals surface area contributed by atoms with Gasteiger partial charge in [-0.25, -0.2) is 14.5 Å². The van der Waals surface area contributed by atoms with Crippen LogP contribution in [-0.4, -0.2) is 39.6 Å². The van der Waals surface area contributed by atoms with Crippen molar-refractivity contribution < 1.29 is 14.6 Å². The second-order valence-corrected chi connectivity index (χ2v) is 3.16. The molecule has 0 amide bonds. The Morgan fingerprint density at radius 2 is 2.43 bits per heavy atom. The van der Waals surface area contributed by atoms with E-state index in [0.717, 1.165) is 0 Å². The smallest absolute Gasteiger partial charge is 0.331 e. The van der Waals surface area contributed by atoms with Gasteiger partial charge in [0.15, 0.2) is 5.54 Å². The molecule has 1 N–H and O–H groups in total. The third-order valence-corrected chi connectivity index (χ3v) is 2.18. The van der Waals surface area contributed by atoms with Gasteiger partial charge in [-0.3, -0.25) is 0 Å². The molecule has 1 aromatic heterocycles. The van der Waals surface area contributed by atoms with Crippen LogP contribution >= 0.6 is 0 Å². The molecule has 0 aliphatic heterocycles. The molecular weight excluding hydrogens is 186 g/mol. The van der Waals surface area contributed by atoms with E-state index in [0.29, 0.717) is 13.0 Å². The van der Waals surface area contributed by atoms with Gasteiger partial charge in [0.2, 0.25) is 0 Å². The van der Waals surface area contributed by atoms with Gasteiger partial charge in [-0.1, -0.05) is 0 Å². The molecule has 0 saturated carbocycles. The lowest BCUT2D eigenvalue weighted by molar-refractivity contribution is -0.148. The van der Waals surface area contributed by atoms with Gasteiger partial charge in [0, 0.05) is 20.1 Å². The number of methoxy groups -OCH3 is 1. The molecule has 0 fully saturated rings. The minimum absolute atomic E-state index is 0.349. The van der Waals surface area contributed by atoms with Gasteiger partial charge in [0.25, 0.3) is 0 Å². The molecule has 0 aliphatic carbocycles. The highest BCUT2D eigenvalue weighted by Crippen LogP contribution is 2.19. The fourth-order valence-electron chi connectivity index (χ4n) is 1.08. The Balaban J connectivity index is 2.87. The number of rotatable bonds is 5. The third kappa shape index (κ3) is 1.90. The summed E-state index contributed by atoms with van der Waals surface area (Å²) < 4.78 is 6.19. The van der Waals surface area contributed by atoms with E-state index in [1.807, 2.05) is 0 Å². The van der Waals surface area contributed by atoms with Crippen LogP contribution in [0.2, 0.25) is 0 Å². The van der Waals surface area contributed by atoms with E-state index < -0.39 is 11.5 Å². The van der Waals surface area contributed by atoms with Gasteiger partial charge in [0.1, 0.15) is 12.7 Å². The first-order valence-electron chi connectivity index (χ1n) is 4.18. The molecule has 0 bridgehead atoms. The molecule has 78 valence electrons. The van der Waals surface area contributed by atoms with Crippen molar-refractivity contribution in [2.24, 2.45) is 0 Å². The topological polar surface area (TPSA) is 77.2 Å². The minimum Gasteiger partial charge on any atom is -0.479 e. The zero-order valence-corrected chi connectivity index (χ0v) is 8.17. The first-order chi connectivity index (χ1) is 6.61. The standard InChI is InChI=1S/C8H13N3O3/c1-8(7(12)13,3-4-14-2)11-6-9-5-10-11/h5-6H,3-4H2,1-2H3,(H,12,13). The average molecular weight is 199 g/mol. The summed E-state index contributed by atoms with van der Waals surface area (Å²) in [5, 5.41) is 12.9. The Morgan fingerprint density at radius 3 is 2.86 bits per heavy atom. The van der Waals surface area contributed by atoms with Crippen LogP contribution in [0.4, 0.5) is 0 Å². The van der Waals surface area contributed by atoms with Gasteiger partial charge in [-0.05, 0) is 6.92 Å². The van der Waals surface area contributed by atoms with Gasteiger partial charge in [-0.2, -0.15) is 5.10 Å². The lowest BCUT2D eigenvalue weighted by Crippen LogP contribution is -2.40. The van der Waals surface area contributed by atoms with Crippen LogP contribution in [-0.2, 0) is 15.1 Å². The van der Waals surface area contributed by atoms with Crippen molar-refractivity contribution in [3.63, 3.8) is 0 Å². The summed E-state index contributed by atoms with van der Waals surface area (Å²) in [6, 6.07) is 0. The highest BCUT2D eigenvalue weighted by atomic mass is 16.5. The summed E-state index contributed by atoms with van der Waals surface area (Å²) in [7, 11) is 1.53. The van der Waals surface area contributed by atoms with Gasteiger partial charge < -0.3 is 9.84 Å². The maximum Gasteiger partial charge on any atom is 0.331 e. The van der Waals surface area contributed by atoms with Crippen molar-refractivity contribution >= 4 is 5.97 Å². The van der Waals surface area contributed by atoms with Crippen LogP contribution < -0.4 is 0 Å². The Morgan fingerprint density at radius 1 is 1.71 bits per heavy atom. The molecule has 6 heteroatoms. The second-order valence-electron chi connectivity index (χ2n) is 3.16. The second kappa shape index (κ2) is 4.19.